The highest BCUT2D eigenvalue weighted by Gasteiger charge is 2.21. The number of hydrogen-bond acceptors (Lipinski definition) is 3. The number of rotatable bonds is 1. The summed E-state index contributed by atoms with van der Waals surface area (Å²) in [5.41, 5.74) is 3.19. The van der Waals surface area contributed by atoms with Crippen LogP contribution in [0.1, 0.15) is 41.9 Å². The van der Waals surface area contributed by atoms with Crippen LogP contribution in [0.15, 0.2) is 30.3 Å². The number of ketones is 1. The molecule has 4 nitrogen and oxygen atoms in total. The van der Waals surface area contributed by atoms with Gasteiger partial charge in [-0.25, -0.2) is 0 Å². The van der Waals surface area contributed by atoms with Gasteiger partial charge in [-0.05, 0) is 36.1 Å². The van der Waals surface area contributed by atoms with Gasteiger partial charge in [-0.1, -0.05) is 36.8 Å². The van der Waals surface area contributed by atoms with Crippen molar-refractivity contribution in [2.45, 2.75) is 32.2 Å². The molecule has 0 spiro atoms. The number of nitrogens with zero attached hydrogens (tertiary/aromatic N) is 2. The second-order valence-electron chi connectivity index (χ2n) is 6.04. The summed E-state index contributed by atoms with van der Waals surface area (Å²) in [6.07, 6.45) is 9.44. The van der Waals surface area contributed by atoms with Gasteiger partial charge in [-0.15, -0.1) is 0 Å². The fraction of sp³-hybridized carbons (Fsp3) is 0.263. The van der Waals surface area contributed by atoms with Crippen LogP contribution in [0.5, 0.6) is 5.88 Å². The van der Waals surface area contributed by atoms with Gasteiger partial charge in [0.1, 0.15) is 11.5 Å². The van der Waals surface area contributed by atoms with Crippen LogP contribution in [0, 0.1) is 0 Å². The summed E-state index contributed by atoms with van der Waals surface area (Å²) < 4.78 is 2.06. The maximum Gasteiger partial charge on any atom is 0.237 e. The zero-order valence-corrected chi connectivity index (χ0v) is 12.8. The lowest BCUT2D eigenvalue weighted by molar-refractivity contribution is -0.109. The number of allylic oxidation sites excluding steroid dienone is 2. The molecule has 0 saturated carbocycles. The lowest BCUT2D eigenvalue weighted by Crippen LogP contribution is -2.07. The molecule has 4 rings (SSSR count). The predicted molar refractivity (Wildman–Crippen MR) is 89.8 cm³/mol. The Balaban J connectivity index is 1.86. The first-order valence-electron chi connectivity index (χ1n) is 8.06. The van der Waals surface area contributed by atoms with Gasteiger partial charge < -0.3 is 9.67 Å². The van der Waals surface area contributed by atoms with E-state index in [1.165, 1.54) is 6.42 Å². The Kier molecular flexibility index (Phi) is 3.37. The Morgan fingerprint density at radius 3 is 2.91 bits per heavy atom. The zero-order chi connectivity index (χ0) is 15.8. The van der Waals surface area contributed by atoms with Crippen molar-refractivity contribution in [3.05, 3.63) is 53.0 Å². The summed E-state index contributed by atoms with van der Waals surface area (Å²) in [7, 11) is 0. The average Bonchev–Trinajstić information content (AvgIpc) is 2.73. The molecule has 1 aliphatic heterocycles. The first kappa shape index (κ1) is 14.0. The van der Waals surface area contributed by atoms with Crippen LogP contribution in [0.25, 0.3) is 17.7 Å². The molecule has 1 aromatic heterocycles. The fourth-order valence-electron chi connectivity index (χ4n) is 3.37. The van der Waals surface area contributed by atoms with Gasteiger partial charge in [0.15, 0.2) is 5.78 Å². The Hall–Kier alpha value is -2.62. The van der Waals surface area contributed by atoms with Crippen LogP contribution >= 0.6 is 0 Å². The van der Waals surface area contributed by atoms with Crippen LogP contribution in [-0.4, -0.2) is 20.4 Å². The number of imidazole rings is 1. The first-order chi connectivity index (χ1) is 11.2. The van der Waals surface area contributed by atoms with Crippen LogP contribution in [0.4, 0.5) is 0 Å². The van der Waals surface area contributed by atoms with Gasteiger partial charge >= 0.3 is 0 Å². The van der Waals surface area contributed by atoms with Gasteiger partial charge in [0, 0.05) is 18.5 Å². The van der Waals surface area contributed by atoms with Crippen LogP contribution in [0.3, 0.4) is 0 Å². The minimum absolute atomic E-state index is 0.0224. The number of carbonyl (C=O) groups is 1. The molecule has 0 radical (unpaired) electrons. The third-order valence-corrected chi connectivity index (χ3v) is 4.56. The summed E-state index contributed by atoms with van der Waals surface area (Å²) in [6, 6.07) is 7.82. The van der Waals surface area contributed by atoms with Crippen molar-refractivity contribution >= 4 is 23.5 Å². The van der Waals surface area contributed by atoms with Crippen molar-refractivity contribution in [3.8, 4) is 5.88 Å². The summed E-state index contributed by atoms with van der Waals surface area (Å²) in [4.78, 5) is 16.7. The Bertz CT molecular complexity index is 843. The van der Waals surface area contributed by atoms with Crippen molar-refractivity contribution in [2.24, 2.45) is 0 Å². The van der Waals surface area contributed by atoms with Crippen molar-refractivity contribution in [1.29, 1.82) is 0 Å². The highest BCUT2D eigenvalue weighted by atomic mass is 16.3. The number of hydrogen-bond donors (Lipinski definition) is 1. The largest absolute Gasteiger partial charge is 0.492 e. The molecule has 0 amide bonds. The van der Waals surface area contributed by atoms with E-state index in [1.54, 1.807) is 12.2 Å². The molecular formula is C19H18N2O2. The molecule has 0 saturated heterocycles. The molecule has 0 fully saturated rings. The number of fused-ring (bicyclic) bond motifs is 2. The number of aromatic hydroxyl groups is 1. The SMILES string of the molecule is O=C1C=Cc2ccccc2/C1=C\c1c(O)nc2n1CCCCC2. The summed E-state index contributed by atoms with van der Waals surface area (Å²) >= 11 is 0. The third-order valence-electron chi connectivity index (χ3n) is 4.56. The first-order valence-corrected chi connectivity index (χ1v) is 8.06. The molecular weight excluding hydrogens is 288 g/mol. The molecule has 1 aliphatic carbocycles. The zero-order valence-electron chi connectivity index (χ0n) is 12.8. The Morgan fingerprint density at radius 1 is 1.13 bits per heavy atom. The van der Waals surface area contributed by atoms with Crippen LogP contribution in [-0.2, 0) is 17.8 Å². The Morgan fingerprint density at radius 2 is 2.00 bits per heavy atom. The second kappa shape index (κ2) is 5.54. The summed E-state index contributed by atoms with van der Waals surface area (Å²) in [5.74, 6) is 0.903. The lowest BCUT2D eigenvalue weighted by Gasteiger charge is -2.14. The van der Waals surface area contributed by atoms with Crippen molar-refractivity contribution in [3.63, 3.8) is 0 Å². The van der Waals surface area contributed by atoms with Gasteiger partial charge in [-0.2, -0.15) is 4.98 Å². The van der Waals surface area contributed by atoms with E-state index in [-0.39, 0.29) is 11.7 Å². The highest BCUT2D eigenvalue weighted by molar-refractivity contribution is 6.33. The van der Waals surface area contributed by atoms with E-state index >= 15 is 0 Å². The molecule has 1 N–H and O–H groups in total. The maximum atomic E-state index is 12.4. The van der Waals surface area contributed by atoms with E-state index in [0.29, 0.717) is 11.3 Å². The molecule has 2 heterocycles. The van der Waals surface area contributed by atoms with Crippen molar-refractivity contribution in [1.82, 2.24) is 9.55 Å². The van der Waals surface area contributed by atoms with Gasteiger partial charge in [0.2, 0.25) is 5.88 Å². The van der Waals surface area contributed by atoms with E-state index in [4.69, 9.17) is 0 Å². The summed E-state index contributed by atoms with van der Waals surface area (Å²) in [5, 5.41) is 10.3. The second-order valence-corrected chi connectivity index (χ2v) is 6.04. The molecule has 23 heavy (non-hydrogen) atoms. The maximum absolute atomic E-state index is 12.4. The van der Waals surface area contributed by atoms with Crippen LogP contribution < -0.4 is 0 Å². The number of aromatic nitrogens is 2. The smallest absolute Gasteiger partial charge is 0.237 e. The van der Waals surface area contributed by atoms with E-state index in [9.17, 15) is 9.90 Å². The molecule has 0 bridgehead atoms. The number of aryl methyl sites for hydroxylation is 1. The molecule has 0 atom stereocenters. The summed E-state index contributed by atoms with van der Waals surface area (Å²) in [6.45, 7) is 0.841. The van der Waals surface area contributed by atoms with E-state index in [2.05, 4.69) is 9.55 Å². The van der Waals surface area contributed by atoms with Crippen molar-refractivity contribution in [2.75, 3.05) is 0 Å². The van der Waals surface area contributed by atoms with Crippen LogP contribution in [0.2, 0.25) is 0 Å². The predicted octanol–water partition coefficient (Wildman–Crippen LogP) is 3.45. The van der Waals surface area contributed by atoms with Gasteiger partial charge in [0.25, 0.3) is 0 Å². The number of benzene rings is 1. The van der Waals surface area contributed by atoms with Crippen molar-refractivity contribution < 1.29 is 9.90 Å². The Labute approximate surface area is 134 Å². The topological polar surface area (TPSA) is 55.1 Å². The average molecular weight is 306 g/mol. The van der Waals surface area contributed by atoms with E-state index in [1.807, 2.05) is 30.3 Å². The van der Waals surface area contributed by atoms with Gasteiger partial charge in [0.05, 0.1) is 0 Å². The highest BCUT2D eigenvalue weighted by Crippen LogP contribution is 2.32. The molecule has 4 heteroatoms. The fourth-order valence-corrected chi connectivity index (χ4v) is 3.37. The minimum atomic E-state index is -0.0349. The van der Waals surface area contributed by atoms with Gasteiger partial charge in [-0.3, -0.25) is 4.79 Å². The molecule has 0 unspecified atom stereocenters. The molecule has 116 valence electrons. The monoisotopic (exact) mass is 306 g/mol. The lowest BCUT2D eigenvalue weighted by atomic mass is 9.91. The van der Waals surface area contributed by atoms with E-state index in [0.717, 1.165) is 42.8 Å². The normalized spacial score (nSPS) is 18.6. The quantitative estimate of drug-likeness (QED) is 0.821. The minimum Gasteiger partial charge on any atom is -0.492 e. The molecule has 2 aromatic rings. The van der Waals surface area contributed by atoms with E-state index < -0.39 is 0 Å². The molecule has 2 aliphatic rings. The number of carbonyl (C=O) groups excluding carboxylic acids is 1. The standard InChI is InChI=1S/C19H18N2O2/c22-17-10-9-13-6-3-4-7-14(13)15(17)12-16-19(23)20-18-8-2-1-5-11-21(16)18/h3-4,6-7,9-10,12,23H,1-2,5,8,11H2/b15-12+. The third kappa shape index (κ3) is 2.40. The molecule has 1 aromatic carbocycles.